The van der Waals surface area contributed by atoms with E-state index in [1.165, 1.54) is 32.0 Å². The molecule has 132 valence electrons. The molecule has 0 saturated carbocycles. The van der Waals surface area contributed by atoms with Gasteiger partial charge in [-0.2, -0.15) is 4.31 Å². The van der Waals surface area contributed by atoms with Crippen LogP contribution < -0.4 is 11.1 Å². The molecule has 1 unspecified atom stereocenters. The second-order valence-electron chi connectivity index (χ2n) is 5.01. The van der Waals surface area contributed by atoms with Crippen LogP contribution >= 0.6 is 0 Å². The van der Waals surface area contributed by atoms with Gasteiger partial charge in [0.1, 0.15) is 6.04 Å². The highest BCUT2D eigenvalue weighted by atomic mass is 32.2. The van der Waals surface area contributed by atoms with Crippen LogP contribution in [0, 0.1) is 0 Å². The first kappa shape index (κ1) is 19.6. The van der Waals surface area contributed by atoms with E-state index in [1.54, 1.807) is 0 Å². The number of aliphatic carboxylic acids is 1. The van der Waals surface area contributed by atoms with E-state index < -0.39 is 27.9 Å². The number of carbonyl (C=O) groups excluding carboxylic acids is 2. The van der Waals surface area contributed by atoms with Crippen molar-refractivity contribution in [3.63, 3.8) is 0 Å². The lowest BCUT2D eigenvalue weighted by atomic mass is 10.2. The Kier molecular flexibility index (Phi) is 6.43. The first-order chi connectivity index (χ1) is 11.1. The van der Waals surface area contributed by atoms with Gasteiger partial charge in [0, 0.05) is 25.6 Å². The Morgan fingerprint density at radius 1 is 1.33 bits per heavy atom. The molecule has 9 nitrogen and oxygen atoms in total. The minimum atomic E-state index is -4.21. The van der Waals surface area contributed by atoms with Gasteiger partial charge in [0.2, 0.25) is 21.8 Å². The van der Waals surface area contributed by atoms with Crippen LogP contribution in [0.15, 0.2) is 29.2 Å². The molecule has 0 aliphatic carbocycles. The Hall–Kier alpha value is -2.46. The zero-order chi connectivity index (χ0) is 18.5. The molecule has 1 rings (SSSR count). The van der Waals surface area contributed by atoms with E-state index in [4.69, 9.17) is 10.8 Å². The monoisotopic (exact) mass is 357 g/mol. The maximum atomic E-state index is 12.7. The van der Waals surface area contributed by atoms with Gasteiger partial charge in [0.15, 0.2) is 0 Å². The largest absolute Gasteiger partial charge is 0.480 e. The molecule has 0 bridgehead atoms. The van der Waals surface area contributed by atoms with Crippen molar-refractivity contribution in [3.05, 3.63) is 29.8 Å². The predicted octanol–water partition coefficient (Wildman–Crippen LogP) is -0.615. The van der Waals surface area contributed by atoms with Gasteiger partial charge in [-0.25, -0.2) is 8.42 Å². The van der Waals surface area contributed by atoms with Gasteiger partial charge >= 0.3 is 5.97 Å². The van der Waals surface area contributed by atoms with E-state index in [-0.39, 0.29) is 29.5 Å². The zero-order valence-corrected chi connectivity index (χ0v) is 14.0. The number of amides is 2. The Morgan fingerprint density at radius 2 is 1.96 bits per heavy atom. The quantitative estimate of drug-likeness (QED) is 0.565. The van der Waals surface area contributed by atoms with E-state index in [2.05, 4.69) is 5.32 Å². The van der Waals surface area contributed by atoms with Crippen LogP contribution in [0.1, 0.15) is 24.2 Å². The summed E-state index contributed by atoms with van der Waals surface area (Å²) in [6.45, 7) is 2.18. The molecule has 0 aliphatic rings. The number of primary amides is 1. The summed E-state index contributed by atoms with van der Waals surface area (Å²) in [5.74, 6) is -2.51. The maximum Gasteiger partial charge on any atom is 0.321 e. The lowest BCUT2D eigenvalue weighted by Gasteiger charge is -2.26. The highest BCUT2D eigenvalue weighted by Gasteiger charge is 2.33. The van der Waals surface area contributed by atoms with Crippen LogP contribution in [0.2, 0.25) is 0 Å². The summed E-state index contributed by atoms with van der Waals surface area (Å²) >= 11 is 0. The number of hydrogen-bond donors (Lipinski definition) is 3. The minimum Gasteiger partial charge on any atom is -0.480 e. The molecule has 0 fully saturated rings. The van der Waals surface area contributed by atoms with Gasteiger partial charge in [-0.1, -0.05) is 6.07 Å². The van der Waals surface area contributed by atoms with Gasteiger partial charge in [0.05, 0.1) is 4.90 Å². The number of carboxylic acids is 1. The molecule has 1 aromatic rings. The molecule has 0 spiro atoms. The van der Waals surface area contributed by atoms with Crippen LogP contribution in [-0.2, 0) is 19.6 Å². The third-order valence-electron chi connectivity index (χ3n) is 3.22. The summed E-state index contributed by atoms with van der Waals surface area (Å²) in [5, 5.41) is 11.6. The average molecular weight is 357 g/mol. The van der Waals surface area contributed by atoms with Crippen LogP contribution in [0.3, 0.4) is 0 Å². The zero-order valence-electron chi connectivity index (χ0n) is 13.2. The van der Waals surface area contributed by atoms with Crippen LogP contribution in [0.25, 0.3) is 0 Å². The topological polar surface area (TPSA) is 147 Å². The molecule has 0 radical (unpaired) electrons. The highest BCUT2D eigenvalue weighted by Crippen LogP contribution is 2.19. The molecule has 0 heterocycles. The SMILES string of the molecule is CC(=O)NCCN(C(C)C(=O)O)S(=O)(=O)c1cccc(C(N)=O)c1. The summed E-state index contributed by atoms with van der Waals surface area (Å²) in [4.78, 5) is 33.1. The lowest BCUT2D eigenvalue weighted by molar-refractivity contribution is -0.140. The number of carboxylic acid groups (broad SMARTS) is 1. The highest BCUT2D eigenvalue weighted by molar-refractivity contribution is 7.89. The van der Waals surface area contributed by atoms with Gasteiger partial charge < -0.3 is 16.2 Å². The van der Waals surface area contributed by atoms with Gasteiger partial charge in [-0.05, 0) is 25.1 Å². The van der Waals surface area contributed by atoms with Gasteiger partial charge in [-0.15, -0.1) is 0 Å². The Balaban J connectivity index is 3.23. The molecule has 1 atom stereocenters. The molecule has 10 heteroatoms. The van der Waals surface area contributed by atoms with E-state index in [9.17, 15) is 22.8 Å². The first-order valence-corrected chi connectivity index (χ1v) is 8.40. The molecule has 0 aromatic heterocycles. The molecule has 0 aliphatic heterocycles. The number of nitrogens with two attached hydrogens (primary N) is 1. The Labute approximate surface area is 139 Å². The molecule has 24 heavy (non-hydrogen) atoms. The number of nitrogens with zero attached hydrogens (tertiary/aromatic N) is 1. The second-order valence-corrected chi connectivity index (χ2v) is 6.90. The number of benzene rings is 1. The summed E-state index contributed by atoms with van der Waals surface area (Å²) in [5.41, 5.74) is 5.12. The lowest BCUT2D eigenvalue weighted by Crippen LogP contribution is -2.46. The smallest absolute Gasteiger partial charge is 0.321 e. The Bertz CT molecular complexity index is 747. The number of nitrogens with one attached hydrogen (secondary N) is 1. The molecule has 4 N–H and O–H groups in total. The van der Waals surface area contributed by atoms with Crippen molar-refractivity contribution in [1.29, 1.82) is 0 Å². The van der Waals surface area contributed by atoms with Crippen molar-refractivity contribution in [1.82, 2.24) is 9.62 Å². The minimum absolute atomic E-state index is 0.0131. The fourth-order valence-corrected chi connectivity index (χ4v) is 3.57. The fourth-order valence-electron chi connectivity index (χ4n) is 1.93. The van der Waals surface area contributed by atoms with Gasteiger partial charge in [-0.3, -0.25) is 14.4 Å². The third kappa shape index (κ3) is 4.77. The Morgan fingerprint density at radius 3 is 2.46 bits per heavy atom. The van der Waals surface area contributed by atoms with Crippen molar-refractivity contribution in [3.8, 4) is 0 Å². The molecular weight excluding hydrogens is 338 g/mol. The van der Waals surface area contributed by atoms with E-state index in [0.29, 0.717) is 0 Å². The van der Waals surface area contributed by atoms with Crippen molar-refractivity contribution in [2.24, 2.45) is 5.73 Å². The predicted molar refractivity (Wildman–Crippen MR) is 84.6 cm³/mol. The summed E-state index contributed by atoms with van der Waals surface area (Å²) in [6.07, 6.45) is 0. The average Bonchev–Trinajstić information content (AvgIpc) is 2.50. The van der Waals surface area contributed by atoms with Crippen molar-refractivity contribution >= 4 is 27.8 Å². The summed E-state index contributed by atoms with van der Waals surface area (Å²) in [6, 6.07) is 3.65. The second kappa shape index (κ2) is 7.88. The number of sulfonamides is 1. The summed E-state index contributed by atoms with van der Waals surface area (Å²) < 4.78 is 26.2. The van der Waals surface area contributed by atoms with Crippen LogP contribution in [-0.4, -0.2) is 54.7 Å². The summed E-state index contributed by atoms with van der Waals surface area (Å²) in [7, 11) is -4.21. The van der Waals surface area contributed by atoms with Gasteiger partial charge in [0.25, 0.3) is 0 Å². The van der Waals surface area contributed by atoms with E-state index in [0.717, 1.165) is 10.4 Å². The molecule has 2 amide bonds. The molecule has 0 saturated heterocycles. The normalized spacial score (nSPS) is 12.6. The number of carbonyl (C=O) groups is 3. The van der Waals surface area contributed by atoms with E-state index in [1.807, 2.05) is 0 Å². The molecule has 1 aromatic carbocycles. The van der Waals surface area contributed by atoms with E-state index >= 15 is 0 Å². The number of rotatable bonds is 8. The maximum absolute atomic E-state index is 12.7. The fraction of sp³-hybridized carbons (Fsp3) is 0.357. The number of hydrogen-bond acceptors (Lipinski definition) is 5. The third-order valence-corrected chi connectivity index (χ3v) is 5.19. The first-order valence-electron chi connectivity index (χ1n) is 6.96. The van der Waals surface area contributed by atoms with Crippen LogP contribution in [0.4, 0.5) is 0 Å². The van der Waals surface area contributed by atoms with Crippen molar-refractivity contribution in [2.45, 2.75) is 24.8 Å². The molecular formula is C14H19N3O6S. The van der Waals surface area contributed by atoms with Crippen molar-refractivity contribution in [2.75, 3.05) is 13.1 Å². The standard InChI is InChI=1S/C14H19N3O6S/c1-9(14(20)21)17(7-6-16-10(2)18)24(22,23)12-5-3-4-11(8-12)13(15)19/h3-5,8-9H,6-7H2,1-2H3,(H2,15,19)(H,16,18)(H,20,21). The van der Waals surface area contributed by atoms with Crippen LogP contribution in [0.5, 0.6) is 0 Å². The van der Waals surface area contributed by atoms with Crippen molar-refractivity contribution < 1.29 is 27.9 Å².